The second kappa shape index (κ2) is 11.2. The van der Waals surface area contributed by atoms with Gasteiger partial charge in [0.25, 0.3) is 0 Å². The molecule has 3 aromatic heterocycles. The third-order valence-electron chi connectivity index (χ3n) is 9.55. The average molecular weight is 645 g/mol. The summed E-state index contributed by atoms with van der Waals surface area (Å²) in [6.45, 7) is 0. The number of furan rings is 1. The van der Waals surface area contributed by atoms with E-state index in [4.69, 9.17) is 4.42 Å². The average Bonchev–Trinajstić information content (AvgIpc) is 3.75. The first-order chi connectivity index (χ1) is 24.3. The summed E-state index contributed by atoms with van der Waals surface area (Å²) >= 11 is 1.87. The highest BCUT2D eigenvalue weighted by molar-refractivity contribution is 7.26. The largest absolute Gasteiger partial charge is 0.456 e. The molecule has 0 saturated carbocycles. The van der Waals surface area contributed by atoms with Gasteiger partial charge in [0.1, 0.15) is 11.2 Å². The van der Waals surface area contributed by atoms with Crippen molar-refractivity contribution in [3.8, 4) is 22.3 Å². The number of anilines is 3. The fraction of sp³-hybridized carbons (Fsp3) is 0. The van der Waals surface area contributed by atoms with Gasteiger partial charge in [0.15, 0.2) is 0 Å². The Hall–Kier alpha value is -6.23. The van der Waals surface area contributed by atoms with Gasteiger partial charge >= 0.3 is 0 Å². The van der Waals surface area contributed by atoms with Crippen LogP contribution in [0.5, 0.6) is 0 Å². The number of hydrogen-bond acceptors (Lipinski definition) is 4. The number of rotatable bonds is 5. The lowest BCUT2D eigenvalue weighted by Crippen LogP contribution is -2.10. The second-order valence-corrected chi connectivity index (χ2v) is 13.4. The minimum atomic E-state index is 0.856. The Balaban J connectivity index is 1.18. The van der Waals surface area contributed by atoms with Crippen LogP contribution in [0.25, 0.3) is 75.1 Å². The molecule has 0 spiro atoms. The van der Waals surface area contributed by atoms with Gasteiger partial charge in [0, 0.05) is 71.7 Å². The van der Waals surface area contributed by atoms with E-state index in [0.717, 1.165) is 60.9 Å². The van der Waals surface area contributed by atoms with E-state index in [2.05, 4.69) is 162 Å². The normalized spacial score (nSPS) is 11.7. The van der Waals surface area contributed by atoms with Crippen LogP contribution in [0.4, 0.5) is 17.1 Å². The van der Waals surface area contributed by atoms with Gasteiger partial charge in [-0.2, -0.15) is 0 Å². The van der Waals surface area contributed by atoms with Gasteiger partial charge < -0.3 is 9.32 Å². The van der Waals surface area contributed by atoms with E-state index in [9.17, 15) is 0 Å². The van der Waals surface area contributed by atoms with Gasteiger partial charge in [-0.25, -0.2) is 0 Å². The minimum Gasteiger partial charge on any atom is -0.456 e. The number of pyridine rings is 1. The van der Waals surface area contributed by atoms with Crippen molar-refractivity contribution in [2.45, 2.75) is 0 Å². The molecule has 0 N–H and O–H groups in total. The molecule has 0 radical (unpaired) electrons. The third kappa shape index (κ3) is 4.46. The molecule has 10 aromatic rings. The SMILES string of the molecule is c1ccc(N(c2ccc(-c3cccc4c3sc3ccccc34)cc2)c2cc3oc4cccc(-c5cccnc5)c4c3c3ccccc23)cc1. The van der Waals surface area contributed by atoms with Crippen LogP contribution >= 0.6 is 11.3 Å². The molecule has 4 heteroatoms. The maximum atomic E-state index is 6.68. The van der Waals surface area contributed by atoms with E-state index in [1.807, 2.05) is 29.8 Å². The third-order valence-corrected chi connectivity index (χ3v) is 10.8. The maximum Gasteiger partial charge on any atom is 0.138 e. The van der Waals surface area contributed by atoms with E-state index in [1.165, 1.54) is 31.3 Å². The molecular formula is C45H28N2OS. The van der Waals surface area contributed by atoms with Crippen LogP contribution in [0.15, 0.2) is 175 Å². The zero-order chi connectivity index (χ0) is 32.3. The molecule has 3 nitrogen and oxygen atoms in total. The molecule has 0 fully saturated rings. The van der Waals surface area contributed by atoms with Crippen LogP contribution in [-0.4, -0.2) is 4.98 Å². The highest BCUT2D eigenvalue weighted by atomic mass is 32.1. The molecule has 0 unspecified atom stereocenters. The predicted molar refractivity (Wildman–Crippen MR) is 207 cm³/mol. The van der Waals surface area contributed by atoms with E-state index >= 15 is 0 Å². The van der Waals surface area contributed by atoms with Crippen molar-refractivity contribution in [1.29, 1.82) is 0 Å². The summed E-state index contributed by atoms with van der Waals surface area (Å²) < 4.78 is 9.32. The van der Waals surface area contributed by atoms with Crippen LogP contribution in [0.3, 0.4) is 0 Å². The monoisotopic (exact) mass is 644 g/mol. The molecule has 3 heterocycles. The molecule has 0 aliphatic carbocycles. The molecule has 0 aliphatic heterocycles. The highest BCUT2D eigenvalue weighted by Gasteiger charge is 2.22. The quantitative estimate of drug-likeness (QED) is 0.187. The summed E-state index contributed by atoms with van der Waals surface area (Å²) in [5.74, 6) is 0. The molecule has 0 bridgehead atoms. The fourth-order valence-electron chi connectivity index (χ4n) is 7.38. The number of hydrogen-bond donors (Lipinski definition) is 0. The van der Waals surface area contributed by atoms with Gasteiger partial charge in [-0.1, -0.05) is 109 Å². The summed E-state index contributed by atoms with van der Waals surface area (Å²) in [5.41, 5.74) is 9.60. The zero-order valence-corrected chi connectivity index (χ0v) is 27.2. The van der Waals surface area contributed by atoms with Crippen molar-refractivity contribution in [3.63, 3.8) is 0 Å². The van der Waals surface area contributed by atoms with Crippen molar-refractivity contribution in [3.05, 3.63) is 170 Å². The summed E-state index contributed by atoms with van der Waals surface area (Å²) in [6, 6.07) is 56.2. The lowest BCUT2D eigenvalue weighted by Gasteiger charge is -2.27. The second-order valence-electron chi connectivity index (χ2n) is 12.3. The first kappa shape index (κ1) is 27.8. The lowest BCUT2D eigenvalue weighted by atomic mass is 9.96. The number of fused-ring (bicyclic) bond motifs is 8. The first-order valence-electron chi connectivity index (χ1n) is 16.4. The Morgan fingerprint density at radius 2 is 1.20 bits per heavy atom. The first-order valence-corrected chi connectivity index (χ1v) is 17.3. The van der Waals surface area contributed by atoms with E-state index < -0.39 is 0 Å². The molecule has 7 aromatic carbocycles. The van der Waals surface area contributed by atoms with Crippen LogP contribution < -0.4 is 4.90 Å². The number of nitrogens with zero attached hydrogens (tertiary/aromatic N) is 2. The Kier molecular flexibility index (Phi) is 6.36. The minimum absolute atomic E-state index is 0.856. The van der Waals surface area contributed by atoms with E-state index in [1.54, 1.807) is 0 Å². The van der Waals surface area contributed by atoms with Crippen LogP contribution in [0.1, 0.15) is 0 Å². The van der Waals surface area contributed by atoms with Gasteiger partial charge in [0.05, 0.1) is 5.69 Å². The van der Waals surface area contributed by atoms with Crippen LogP contribution in [0, 0.1) is 0 Å². The van der Waals surface area contributed by atoms with Crippen molar-refractivity contribution in [1.82, 2.24) is 4.98 Å². The van der Waals surface area contributed by atoms with Crippen molar-refractivity contribution < 1.29 is 4.42 Å². The van der Waals surface area contributed by atoms with E-state index in [0.29, 0.717) is 0 Å². The molecule has 10 rings (SSSR count). The highest BCUT2D eigenvalue weighted by Crippen LogP contribution is 2.47. The summed E-state index contributed by atoms with van der Waals surface area (Å²) in [6.07, 6.45) is 3.74. The van der Waals surface area contributed by atoms with Crippen LogP contribution in [0.2, 0.25) is 0 Å². The number of benzene rings is 7. The van der Waals surface area contributed by atoms with Gasteiger partial charge in [-0.05, 0) is 64.5 Å². The molecular weight excluding hydrogens is 617 g/mol. The zero-order valence-electron chi connectivity index (χ0n) is 26.4. The molecule has 0 atom stereocenters. The molecule has 49 heavy (non-hydrogen) atoms. The Labute approximate surface area is 286 Å². The summed E-state index contributed by atoms with van der Waals surface area (Å²) in [7, 11) is 0. The van der Waals surface area contributed by atoms with Crippen molar-refractivity contribution in [2.75, 3.05) is 4.90 Å². The lowest BCUT2D eigenvalue weighted by molar-refractivity contribution is 0.669. The number of para-hydroxylation sites is 1. The topological polar surface area (TPSA) is 29.3 Å². The van der Waals surface area contributed by atoms with Crippen molar-refractivity contribution in [2.24, 2.45) is 0 Å². The molecule has 0 aliphatic rings. The maximum absolute atomic E-state index is 6.68. The molecule has 230 valence electrons. The standard InChI is InChI=1S/C45H28N2OS/c1-2-12-31(13-3-1)47(32-24-22-29(23-25-32)34-18-8-19-38-36-15-6-7-21-42(36)49-45(34)38)39-27-41-44(37-16-5-4-14-35(37)39)43-33(17-9-20-40(43)48-41)30-11-10-26-46-28-30/h1-28H. The molecule has 0 amide bonds. The van der Waals surface area contributed by atoms with Gasteiger partial charge in [-0.3, -0.25) is 4.98 Å². The van der Waals surface area contributed by atoms with Gasteiger partial charge in [-0.15, -0.1) is 11.3 Å². The smallest absolute Gasteiger partial charge is 0.138 e. The van der Waals surface area contributed by atoms with Crippen LogP contribution in [-0.2, 0) is 0 Å². The summed E-state index contributed by atoms with van der Waals surface area (Å²) in [4.78, 5) is 6.76. The number of thiophene rings is 1. The Morgan fingerprint density at radius 3 is 2.04 bits per heavy atom. The van der Waals surface area contributed by atoms with Gasteiger partial charge in [0.2, 0.25) is 0 Å². The molecule has 0 saturated heterocycles. The van der Waals surface area contributed by atoms with Crippen molar-refractivity contribution >= 4 is 81.3 Å². The predicted octanol–water partition coefficient (Wildman–Crippen LogP) is 13.3. The summed E-state index contributed by atoms with van der Waals surface area (Å²) in [5, 5.41) is 7.16. The Morgan fingerprint density at radius 1 is 0.490 bits per heavy atom. The van der Waals surface area contributed by atoms with E-state index in [-0.39, 0.29) is 0 Å². The Bertz CT molecular complexity index is 2820. The number of aromatic nitrogens is 1. The fourth-order valence-corrected chi connectivity index (χ4v) is 8.62.